The third-order valence-electron chi connectivity index (χ3n) is 2.01. The van der Waals surface area contributed by atoms with Crippen molar-refractivity contribution in [2.45, 2.75) is 20.4 Å². The molecule has 0 atom stereocenters. The van der Waals surface area contributed by atoms with Gasteiger partial charge in [0, 0.05) is 5.56 Å². The van der Waals surface area contributed by atoms with Crippen molar-refractivity contribution in [1.29, 1.82) is 0 Å². The molecule has 0 saturated heterocycles. The number of aryl methyl sites for hydroxylation is 2. The van der Waals surface area contributed by atoms with Crippen LogP contribution in [0.5, 0.6) is 5.75 Å². The monoisotopic (exact) mass is 191 g/mol. The van der Waals surface area contributed by atoms with Crippen molar-refractivity contribution in [3.05, 3.63) is 28.8 Å². The van der Waals surface area contributed by atoms with Crippen LogP contribution in [0.15, 0.2) is 17.1 Å². The van der Waals surface area contributed by atoms with Crippen LogP contribution in [0.4, 0.5) is 0 Å². The number of hydrogen-bond donors (Lipinski definition) is 0. The summed E-state index contributed by atoms with van der Waals surface area (Å²) >= 11 is 0. The van der Waals surface area contributed by atoms with Gasteiger partial charge in [-0.3, -0.25) is 0 Å². The lowest BCUT2D eigenvalue weighted by Gasteiger charge is -2.10. The molecular formula is C11H13NO2. The zero-order valence-electron chi connectivity index (χ0n) is 8.63. The second-order valence-corrected chi connectivity index (χ2v) is 3.18. The van der Waals surface area contributed by atoms with E-state index in [0.29, 0.717) is 6.54 Å². The Morgan fingerprint density at radius 2 is 2.14 bits per heavy atom. The molecule has 0 aliphatic rings. The van der Waals surface area contributed by atoms with E-state index in [9.17, 15) is 4.79 Å². The summed E-state index contributed by atoms with van der Waals surface area (Å²) in [7, 11) is 1.62. The lowest BCUT2D eigenvalue weighted by molar-refractivity contribution is 0.406. The third kappa shape index (κ3) is 2.21. The summed E-state index contributed by atoms with van der Waals surface area (Å²) in [4.78, 5) is 13.6. The van der Waals surface area contributed by atoms with Gasteiger partial charge < -0.3 is 4.74 Å². The predicted octanol–water partition coefficient (Wildman–Crippen LogP) is 2.15. The van der Waals surface area contributed by atoms with Crippen LogP contribution in [-0.4, -0.2) is 13.2 Å². The molecule has 0 bridgehead atoms. The zero-order chi connectivity index (χ0) is 10.6. The van der Waals surface area contributed by atoms with Crippen LogP contribution >= 0.6 is 0 Å². The van der Waals surface area contributed by atoms with Gasteiger partial charge in [0.25, 0.3) is 0 Å². The molecule has 0 heterocycles. The van der Waals surface area contributed by atoms with Gasteiger partial charge in [0.05, 0.1) is 13.7 Å². The molecule has 0 amide bonds. The first-order chi connectivity index (χ1) is 6.69. The molecule has 0 saturated carbocycles. The summed E-state index contributed by atoms with van der Waals surface area (Å²) in [5.74, 6) is 0.801. The van der Waals surface area contributed by atoms with E-state index < -0.39 is 0 Å². The molecule has 0 aliphatic carbocycles. The Kier molecular flexibility index (Phi) is 3.43. The first-order valence-electron chi connectivity index (χ1n) is 4.36. The van der Waals surface area contributed by atoms with E-state index in [2.05, 4.69) is 4.99 Å². The van der Waals surface area contributed by atoms with Crippen molar-refractivity contribution >= 4 is 6.08 Å². The van der Waals surface area contributed by atoms with Crippen LogP contribution < -0.4 is 4.74 Å². The highest BCUT2D eigenvalue weighted by Crippen LogP contribution is 2.25. The maximum Gasteiger partial charge on any atom is 0.235 e. The largest absolute Gasteiger partial charge is 0.496 e. The molecule has 1 aromatic rings. The highest BCUT2D eigenvalue weighted by molar-refractivity contribution is 5.44. The van der Waals surface area contributed by atoms with Gasteiger partial charge in [-0.2, -0.15) is 0 Å². The minimum atomic E-state index is 0.329. The Morgan fingerprint density at radius 1 is 1.43 bits per heavy atom. The minimum absolute atomic E-state index is 0.329. The summed E-state index contributed by atoms with van der Waals surface area (Å²) < 4.78 is 5.24. The van der Waals surface area contributed by atoms with E-state index in [1.54, 1.807) is 7.11 Å². The molecule has 0 unspecified atom stereocenters. The van der Waals surface area contributed by atoms with E-state index >= 15 is 0 Å². The quantitative estimate of drug-likeness (QED) is 0.542. The standard InChI is InChI=1S/C11H13NO2/c1-8-4-9(2)11(14-3)10(5-8)6-12-7-13/h4-5H,6H2,1-3H3. The highest BCUT2D eigenvalue weighted by atomic mass is 16.5. The molecule has 0 radical (unpaired) electrons. The smallest absolute Gasteiger partial charge is 0.235 e. The molecule has 0 N–H and O–H groups in total. The number of aliphatic imine (C=N–C) groups is 1. The van der Waals surface area contributed by atoms with E-state index in [1.807, 2.05) is 26.0 Å². The topological polar surface area (TPSA) is 38.7 Å². The summed E-state index contributed by atoms with van der Waals surface area (Å²) in [6, 6.07) is 4.00. The molecule has 0 aromatic heterocycles. The van der Waals surface area contributed by atoms with Crippen LogP contribution in [0.3, 0.4) is 0 Å². The van der Waals surface area contributed by atoms with Crippen molar-refractivity contribution in [3.63, 3.8) is 0 Å². The van der Waals surface area contributed by atoms with Gasteiger partial charge in [-0.05, 0) is 19.4 Å². The molecule has 74 valence electrons. The number of carbonyl (C=O) groups excluding carboxylic acids is 1. The second kappa shape index (κ2) is 4.58. The maximum absolute atomic E-state index is 10.0. The van der Waals surface area contributed by atoms with Crippen LogP contribution in [0.2, 0.25) is 0 Å². The summed E-state index contributed by atoms with van der Waals surface area (Å²) in [5, 5.41) is 0. The fraction of sp³-hybridized carbons (Fsp3) is 0.364. The average molecular weight is 191 g/mol. The summed E-state index contributed by atoms with van der Waals surface area (Å²) in [6.07, 6.45) is 1.53. The molecule has 0 spiro atoms. The molecule has 1 rings (SSSR count). The number of ether oxygens (including phenoxy) is 1. The first kappa shape index (κ1) is 10.5. The van der Waals surface area contributed by atoms with Crippen molar-refractivity contribution in [1.82, 2.24) is 0 Å². The molecule has 0 fully saturated rings. The normalized spacial score (nSPS) is 9.36. The van der Waals surface area contributed by atoms with Crippen LogP contribution in [0, 0.1) is 13.8 Å². The van der Waals surface area contributed by atoms with Gasteiger partial charge in [0.2, 0.25) is 6.08 Å². The van der Waals surface area contributed by atoms with E-state index in [1.165, 1.54) is 6.08 Å². The SMILES string of the molecule is COc1c(C)cc(C)cc1CN=C=O. The molecule has 14 heavy (non-hydrogen) atoms. The van der Waals surface area contributed by atoms with Crippen LogP contribution in [0.1, 0.15) is 16.7 Å². The second-order valence-electron chi connectivity index (χ2n) is 3.18. The Bertz CT molecular complexity index is 379. The number of nitrogens with zero attached hydrogens (tertiary/aromatic N) is 1. The number of benzene rings is 1. The van der Waals surface area contributed by atoms with Gasteiger partial charge in [0.1, 0.15) is 5.75 Å². The van der Waals surface area contributed by atoms with Gasteiger partial charge >= 0.3 is 0 Å². The minimum Gasteiger partial charge on any atom is -0.496 e. The zero-order valence-corrected chi connectivity index (χ0v) is 8.63. The van der Waals surface area contributed by atoms with E-state index in [-0.39, 0.29) is 0 Å². The molecule has 1 aromatic carbocycles. The average Bonchev–Trinajstić information content (AvgIpc) is 2.14. The molecule has 3 heteroatoms. The van der Waals surface area contributed by atoms with Gasteiger partial charge in [-0.25, -0.2) is 9.79 Å². The van der Waals surface area contributed by atoms with Gasteiger partial charge in [0.15, 0.2) is 0 Å². The van der Waals surface area contributed by atoms with E-state index in [0.717, 1.165) is 22.4 Å². The molecule has 3 nitrogen and oxygen atoms in total. The fourth-order valence-electron chi connectivity index (χ4n) is 1.57. The van der Waals surface area contributed by atoms with Gasteiger partial charge in [-0.15, -0.1) is 0 Å². The van der Waals surface area contributed by atoms with Crippen molar-refractivity contribution in [2.75, 3.05) is 7.11 Å². The third-order valence-corrected chi connectivity index (χ3v) is 2.01. The lowest BCUT2D eigenvalue weighted by Crippen LogP contribution is -1.95. The van der Waals surface area contributed by atoms with Crippen molar-refractivity contribution < 1.29 is 9.53 Å². The lowest BCUT2D eigenvalue weighted by atomic mass is 10.1. The Morgan fingerprint density at radius 3 is 2.71 bits per heavy atom. The van der Waals surface area contributed by atoms with Crippen LogP contribution in [0.25, 0.3) is 0 Å². The number of methoxy groups -OCH3 is 1. The van der Waals surface area contributed by atoms with Crippen LogP contribution in [-0.2, 0) is 11.3 Å². The predicted molar refractivity (Wildman–Crippen MR) is 54.3 cm³/mol. The summed E-state index contributed by atoms with van der Waals surface area (Å²) in [5.41, 5.74) is 3.12. The summed E-state index contributed by atoms with van der Waals surface area (Å²) in [6.45, 7) is 4.30. The number of hydrogen-bond acceptors (Lipinski definition) is 3. The molecular weight excluding hydrogens is 178 g/mol. The van der Waals surface area contributed by atoms with Crippen molar-refractivity contribution in [2.24, 2.45) is 4.99 Å². The van der Waals surface area contributed by atoms with Gasteiger partial charge in [-0.1, -0.05) is 17.7 Å². The highest BCUT2D eigenvalue weighted by Gasteiger charge is 2.06. The maximum atomic E-state index is 10.0. The first-order valence-corrected chi connectivity index (χ1v) is 4.36. The van der Waals surface area contributed by atoms with E-state index in [4.69, 9.17) is 4.74 Å². The fourth-order valence-corrected chi connectivity index (χ4v) is 1.57. The number of isocyanates is 1. The Hall–Kier alpha value is -1.60. The Balaban J connectivity index is 3.17. The van der Waals surface area contributed by atoms with Crippen molar-refractivity contribution in [3.8, 4) is 5.75 Å². The molecule has 0 aliphatic heterocycles. The number of rotatable bonds is 3. The Labute approximate surface area is 83.4 Å².